The molecule has 0 unspecified atom stereocenters. The van der Waals surface area contributed by atoms with Gasteiger partial charge in [0.15, 0.2) is 5.78 Å². The quantitative estimate of drug-likeness (QED) is 0.509. The van der Waals surface area contributed by atoms with Crippen molar-refractivity contribution >= 4 is 11.7 Å². The van der Waals surface area contributed by atoms with E-state index in [4.69, 9.17) is 5.11 Å². The Morgan fingerprint density at radius 1 is 0.950 bits per heavy atom. The number of carbonyl (C=O) groups excluding carboxylic acids is 2. The highest BCUT2D eigenvalue weighted by Crippen LogP contribution is 2.06. The van der Waals surface area contributed by atoms with Gasteiger partial charge in [0.25, 0.3) is 0 Å². The van der Waals surface area contributed by atoms with Crippen LogP contribution in [0.15, 0.2) is 30.3 Å². The van der Waals surface area contributed by atoms with Crippen LogP contribution in [0.25, 0.3) is 0 Å². The van der Waals surface area contributed by atoms with Crippen LogP contribution in [-0.2, 0) is 4.79 Å². The van der Waals surface area contributed by atoms with Crippen LogP contribution in [0, 0.1) is 0 Å². The van der Waals surface area contributed by atoms with E-state index in [9.17, 15) is 9.59 Å². The molecule has 2 N–H and O–H groups in total. The second-order valence-electron chi connectivity index (χ2n) is 4.78. The highest BCUT2D eigenvalue weighted by molar-refractivity contribution is 5.96. The minimum atomic E-state index is -0.00476. The zero-order valence-electron chi connectivity index (χ0n) is 11.8. The molecule has 0 aromatic heterocycles. The molecular weight excluding hydrogens is 254 g/mol. The molecule has 0 heterocycles. The van der Waals surface area contributed by atoms with Crippen LogP contribution in [0.1, 0.15) is 48.9 Å². The molecule has 1 rings (SSSR count). The fraction of sp³-hybridized carbons (Fsp3) is 0.500. The monoisotopic (exact) mass is 277 g/mol. The summed E-state index contributed by atoms with van der Waals surface area (Å²) in [5.74, 6) is 0.0798. The Morgan fingerprint density at radius 3 is 2.40 bits per heavy atom. The summed E-state index contributed by atoms with van der Waals surface area (Å²) in [6, 6.07) is 9.15. The van der Waals surface area contributed by atoms with Gasteiger partial charge in [-0.3, -0.25) is 9.59 Å². The molecule has 0 bridgehead atoms. The van der Waals surface area contributed by atoms with Crippen LogP contribution in [0.4, 0.5) is 0 Å². The van der Waals surface area contributed by atoms with E-state index in [1.54, 1.807) is 12.1 Å². The van der Waals surface area contributed by atoms with Crippen molar-refractivity contribution in [1.82, 2.24) is 5.32 Å². The number of hydrogen-bond donors (Lipinski definition) is 2. The zero-order valence-corrected chi connectivity index (χ0v) is 11.8. The zero-order chi connectivity index (χ0) is 14.6. The van der Waals surface area contributed by atoms with E-state index >= 15 is 0 Å². The molecule has 0 aliphatic rings. The second kappa shape index (κ2) is 10.1. The summed E-state index contributed by atoms with van der Waals surface area (Å²) < 4.78 is 0. The average Bonchev–Trinajstić information content (AvgIpc) is 2.48. The Morgan fingerprint density at radius 2 is 1.70 bits per heavy atom. The first-order chi connectivity index (χ1) is 9.74. The third kappa shape index (κ3) is 7.04. The average molecular weight is 277 g/mol. The lowest BCUT2D eigenvalue weighted by molar-refractivity contribution is -0.121. The predicted molar refractivity (Wildman–Crippen MR) is 78.6 cm³/mol. The minimum absolute atomic E-state index is 0.00476. The Bertz CT molecular complexity index is 403. The lowest BCUT2D eigenvalue weighted by Crippen LogP contribution is -2.24. The standard InChI is InChI=1S/C16H23NO3/c18-13-6-2-5-12-17-16(20)11-7-10-15(19)14-8-3-1-4-9-14/h1,3-4,8-9,18H,2,5-7,10-13H2,(H,17,20). The predicted octanol–water partition coefficient (Wildman–Crippen LogP) is 2.32. The maximum absolute atomic E-state index is 11.8. The maximum atomic E-state index is 11.8. The smallest absolute Gasteiger partial charge is 0.220 e. The Labute approximate surface area is 120 Å². The van der Waals surface area contributed by atoms with Crippen molar-refractivity contribution < 1.29 is 14.7 Å². The topological polar surface area (TPSA) is 66.4 Å². The molecule has 0 fully saturated rings. The molecular formula is C16H23NO3. The fourth-order valence-electron chi connectivity index (χ4n) is 1.91. The van der Waals surface area contributed by atoms with Crippen LogP contribution < -0.4 is 5.32 Å². The summed E-state index contributed by atoms with van der Waals surface area (Å²) in [6.07, 6.45) is 3.96. The van der Waals surface area contributed by atoms with Gasteiger partial charge in [-0.1, -0.05) is 30.3 Å². The number of unbranched alkanes of at least 4 members (excludes halogenated alkanes) is 2. The molecule has 1 amide bonds. The van der Waals surface area contributed by atoms with E-state index in [1.807, 2.05) is 18.2 Å². The molecule has 0 saturated carbocycles. The van der Waals surface area contributed by atoms with E-state index in [0.29, 0.717) is 31.4 Å². The van der Waals surface area contributed by atoms with Crippen LogP contribution in [-0.4, -0.2) is 29.9 Å². The van der Waals surface area contributed by atoms with Gasteiger partial charge in [0.1, 0.15) is 0 Å². The first kappa shape index (κ1) is 16.4. The number of carbonyl (C=O) groups is 2. The first-order valence-corrected chi connectivity index (χ1v) is 7.20. The number of nitrogens with one attached hydrogen (secondary N) is 1. The number of ketones is 1. The number of aliphatic hydroxyl groups excluding tert-OH is 1. The highest BCUT2D eigenvalue weighted by Gasteiger charge is 2.06. The summed E-state index contributed by atoms with van der Waals surface area (Å²) in [5, 5.41) is 11.4. The van der Waals surface area contributed by atoms with E-state index in [0.717, 1.165) is 19.3 Å². The summed E-state index contributed by atoms with van der Waals surface area (Å²) in [6.45, 7) is 0.848. The van der Waals surface area contributed by atoms with Crippen molar-refractivity contribution in [2.75, 3.05) is 13.2 Å². The fourth-order valence-corrected chi connectivity index (χ4v) is 1.91. The second-order valence-corrected chi connectivity index (χ2v) is 4.78. The van der Waals surface area contributed by atoms with Crippen molar-refractivity contribution in [1.29, 1.82) is 0 Å². The van der Waals surface area contributed by atoms with E-state index in [1.165, 1.54) is 0 Å². The third-order valence-corrected chi connectivity index (χ3v) is 3.06. The number of rotatable bonds is 10. The molecule has 0 atom stereocenters. The number of amides is 1. The molecule has 0 aliphatic carbocycles. The Hall–Kier alpha value is -1.68. The summed E-state index contributed by atoms with van der Waals surface area (Å²) in [7, 11) is 0. The normalized spacial score (nSPS) is 10.2. The maximum Gasteiger partial charge on any atom is 0.220 e. The molecule has 1 aromatic rings. The molecule has 20 heavy (non-hydrogen) atoms. The summed E-state index contributed by atoms with van der Waals surface area (Å²) >= 11 is 0. The van der Waals surface area contributed by atoms with Gasteiger partial charge in [0, 0.05) is 31.6 Å². The van der Waals surface area contributed by atoms with Crippen LogP contribution >= 0.6 is 0 Å². The molecule has 0 saturated heterocycles. The van der Waals surface area contributed by atoms with Gasteiger partial charge in [-0.25, -0.2) is 0 Å². The molecule has 4 nitrogen and oxygen atoms in total. The van der Waals surface area contributed by atoms with Gasteiger partial charge in [0.05, 0.1) is 0 Å². The largest absolute Gasteiger partial charge is 0.396 e. The van der Waals surface area contributed by atoms with Gasteiger partial charge in [-0.15, -0.1) is 0 Å². The van der Waals surface area contributed by atoms with Gasteiger partial charge >= 0.3 is 0 Å². The van der Waals surface area contributed by atoms with Gasteiger partial charge < -0.3 is 10.4 Å². The van der Waals surface area contributed by atoms with Gasteiger partial charge in [0.2, 0.25) is 5.91 Å². The SMILES string of the molecule is O=C(CCCC(=O)c1ccccc1)NCCCCCO. The van der Waals surface area contributed by atoms with E-state index in [-0.39, 0.29) is 18.3 Å². The van der Waals surface area contributed by atoms with Gasteiger partial charge in [-0.2, -0.15) is 0 Å². The van der Waals surface area contributed by atoms with Crippen molar-refractivity contribution in [3.63, 3.8) is 0 Å². The van der Waals surface area contributed by atoms with Crippen molar-refractivity contribution in [3.8, 4) is 0 Å². The number of Topliss-reactive ketones (excluding diaryl/α,β-unsaturated/α-hetero) is 1. The van der Waals surface area contributed by atoms with Crippen LogP contribution in [0.5, 0.6) is 0 Å². The van der Waals surface area contributed by atoms with Crippen LogP contribution in [0.2, 0.25) is 0 Å². The van der Waals surface area contributed by atoms with Crippen LogP contribution in [0.3, 0.4) is 0 Å². The molecule has 1 aromatic carbocycles. The first-order valence-electron chi connectivity index (χ1n) is 7.20. The Kier molecular flexibility index (Phi) is 8.31. The van der Waals surface area contributed by atoms with Gasteiger partial charge in [-0.05, 0) is 25.7 Å². The molecule has 0 aliphatic heterocycles. The number of hydrogen-bond acceptors (Lipinski definition) is 3. The molecule has 110 valence electrons. The summed E-state index contributed by atoms with van der Waals surface area (Å²) in [4.78, 5) is 23.3. The lowest BCUT2D eigenvalue weighted by atomic mass is 10.1. The molecule has 4 heteroatoms. The highest BCUT2D eigenvalue weighted by atomic mass is 16.2. The van der Waals surface area contributed by atoms with Crippen molar-refractivity contribution in [2.45, 2.75) is 38.5 Å². The third-order valence-electron chi connectivity index (χ3n) is 3.06. The number of benzene rings is 1. The summed E-state index contributed by atoms with van der Waals surface area (Å²) in [5.41, 5.74) is 0.705. The van der Waals surface area contributed by atoms with E-state index in [2.05, 4.69) is 5.32 Å². The van der Waals surface area contributed by atoms with E-state index < -0.39 is 0 Å². The minimum Gasteiger partial charge on any atom is -0.396 e. The Balaban J connectivity index is 2.08. The van der Waals surface area contributed by atoms with Crippen molar-refractivity contribution in [3.05, 3.63) is 35.9 Å². The van der Waals surface area contributed by atoms with Crippen molar-refractivity contribution in [2.24, 2.45) is 0 Å². The lowest BCUT2D eigenvalue weighted by Gasteiger charge is -2.04. The number of aliphatic hydroxyl groups is 1. The molecule has 0 spiro atoms. The molecule has 0 radical (unpaired) electrons.